The van der Waals surface area contributed by atoms with Gasteiger partial charge in [0, 0.05) is 22.9 Å². The maximum absolute atomic E-state index is 13.5. The third kappa shape index (κ3) is 3.95. The van der Waals surface area contributed by atoms with Crippen molar-refractivity contribution in [1.29, 1.82) is 0 Å². The van der Waals surface area contributed by atoms with E-state index in [0.29, 0.717) is 11.3 Å². The second-order valence-electron chi connectivity index (χ2n) is 4.18. The monoisotopic (exact) mass is 299 g/mol. The van der Waals surface area contributed by atoms with Gasteiger partial charge < -0.3 is 5.32 Å². The number of hydrogen-bond acceptors (Lipinski definition) is 1. The smallest absolute Gasteiger partial charge is 0.248 e. The zero-order valence-electron chi connectivity index (χ0n) is 10.9. The number of carbonyl (C=O) groups is 1. The van der Waals surface area contributed by atoms with Crippen molar-refractivity contribution in [3.63, 3.8) is 0 Å². The van der Waals surface area contributed by atoms with E-state index in [-0.39, 0.29) is 10.6 Å². The maximum atomic E-state index is 13.5. The Morgan fingerprint density at radius 1 is 1.29 bits per heavy atom. The molecule has 0 aliphatic carbocycles. The fourth-order valence-electron chi connectivity index (χ4n) is 1.70. The van der Waals surface area contributed by atoms with Crippen LogP contribution in [0.4, 0.5) is 10.1 Å². The molecule has 4 heteroatoms. The van der Waals surface area contributed by atoms with Crippen LogP contribution in [0.5, 0.6) is 0 Å². The largest absolute Gasteiger partial charge is 0.322 e. The summed E-state index contributed by atoms with van der Waals surface area (Å²) in [5.74, 6) is 1.59. The molecule has 0 unspecified atom stereocenters. The maximum Gasteiger partial charge on any atom is 0.248 e. The van der Waals surface area contributed by atoms with Crippen LogP contribution in [0, 0.1) is 18.2 Å². The number of amides is 1. The first-order valence-electron chi connectivity index (χ1n) is 6.10. The second kappa shape index (κ2) is 6.74. The number of halogens is 2. The van der Waals surface area contributed by atoms with E-state index in [4.69, 9.17) is 18.0 Å². The Morgan fingerprint density at radius 2 is 2.05 bits per heavy atom. The van der Waals surface area contributed by atoms with Gasteiger partial charge in [-0.1, -0.05) is 29.7 Å². The number of anilines is 1. The molecule has 1 amide bonds. The van der Waals surface area contributed by atoms with Gasteiger partial charge in [-0.25, -0.2) is 4.39 Å². The van der Waals surface area contributed by atoms with Gasteiger partial charge in [0.2, 0.25) is 5.91 Å². The lowest BCUT2D eigenvalue weighted by atomic mass is 10.2. The molecule has 0 fully saturated rings. The molecule has 0 spiro atoms. The van der Waals surface area contributed by atoms with Crippen LogP contribution in [0.3, 0.4) is 0 Å². The summed E-state index contributed by atoms with van der Waals surface area (Å²) in [6.45, 7) is 0. The molecule has 0 atom stereocenters. The van der Waals surface area contributed by atoms with Crippen molar-refractivity contribution in [3.8, 4) is 12.3 Å². The molecule has 2 nitrogen and oxygen atoms in total. The van der Waals surface area contributed by atoms with Crippen LogP contribution in [0.1, 0.15) is 11.1 Å². The Balaban J connectivity index is 2.11. The number of rotatable bonds is 3. The molecule has 1 N–H and O–H groups in total. The van der Waals surface area contributed by atoms with Crippen molar-refractivity contribution >= 4 is 29.3 Å². The number of hydrogen-bond donors (Lipinski definition) is 1. The van der Waals surface area contributed by atoms with Gasteiger partial charge in [-0.15, -0.1) is 6.42 Å². The van der Waals surface area contributed by atoms with Gasteiger partial charge in [-0.05, 0) is 36.4 Å². The van der Waals surface area contributed by atoms with Crippen molar-refractivity contribution in [1.82, 2.24) is 0 Å². The van der Waals surface area contributed by atoms with Gasteiger partial charge >= 0.3 is 0 Å². The van der Waals surface area contributed by atoms with Crippen molar-refractivity contribution in [2.75, 3.05) is 5.32 Å². The van der Waals surface area contributed by atoms with E-state index < -0.39 is 11.7 Å². The van der Waals surface area contributed by atoms with Crippen LogP contribution in [-0.2, 0) is 4.79 Å². The summed E-state index contributed by atoms with van der Waals surface area (Å²) in [7, 11) is 0. The molecule has 0 saturated heterocycles. The molecule has 2 aromatic carbocycles. The van der Waals surface area contributed by atoms with E-state index >= 15 is 0 Å². The lowest BCUT2D eigenvalue weighted by molar-refractivity contribution is -0.111. The summed E-state index contributed by atoms with van der Waals surface area (Å²) < 4.78 is 13.5. The summed E-state index contributed by atoms with van der Waals surface area (Å²) >= 11 is 5.87. The minimum atomic E-state index is -0.485. The van der Waals surface area contributed by atoms with Crippen molar-refractivity contribution in [3.05, 3.63) is 70.5 Å². The SMILES string of the molecule is C#Cc1cccc(NC(=O)/C=C/c2c(F)cccc2Cl)c1. The van der Waals surface area contributed by atoms with Crippen LogP contribution < -0.4 is 5.32 Å². The van der Waals surface area contributed by atoms with Crippen molar-refractivity contribution in [2.24, 2.45) is 0 Å². The van der Waals surface area contributed by atoms with Crippen LogP contribution in [0.15, 0.2) is 48.5 Å². The van der Waals surface area contributed by atoms with Gasteiger partial charge in [-0.3, -0.25) is 4.79 Å². The molecule has 104 valence electrons. The minimum absolute atomic E-state index is 0.173. The highest BCUT2D eigenvalue weighted by atomic mass is 35.5. The van der Waals surface area contributed by atoms with Gasteiger partial charge in [-0.2, -0.15) is 0 Å². The van der Waals surface area contributed by atoms with E-state index in [0.717, 1.165) is 0 Å². The zero-order valence-corrected chi connectivity index (χ0v) is 11.7. The van der Waals surface area contributed by atoms with Crippen LogP contribution in [0.2, 0.25) is 5.02 Å². The topological polar surface area (TPSA) is 29.1 Å². The number of benzene rings is 2. The van der Waals surface area contributed by atoms with E-state index in [1.54, 1.807) is 30.3 Å². The van der Waals surface area contributed by atoms with Crippen LogP contribution >= 0.6 is 11.6 Å². The Kier molecular flexibility index (Phi) is 4.76. The van der Waals surface area contributed by atoms with E-state index in [2.05, 4.69) is 11.2 Å². The first-order valence-corrected chi connectivity index (χ1v) is 6.47. The fraction of sp³-hybridized carbons (Fsp3) is 0. The minimum Gasteiger partial charge on any atom is -0.322 e. The molecular weight excluding hydrogens is 289 g/mol. The molecular formula is C17H11ClFNO. The Labute approximate surface area is 127 Å². The highest BCUT2D eigenvalue weighted by Crippen LogP contribution is 2.20. The van der Waals surface area contributed by atoms with E-state index in [1.807, 2.05) is 0 Å². The van der Waals surface area contributed by atoms with Gasteiger partial charge in [0.05, 0.1) is 5.02 Å². The molecule has 2 rings (SSSR count). The van der Waals surface area contributed by atoms with Crippen molar-refractivity contribution in [2.45, 2.75) is 0 Å². The molecule has 0 radical (unpaired) electrons. The lowest BCUT2D eigenvalue weighted by Crippen LogP contribution is -2.07. The Hall–Kier alpha value is -2.57. The lowest BCUT2D eigenvalue weighted by Gasteiger charge is -2.03. The van der Waals surface area contributed by atoms with E-state index in [9.17, 15) is 9.18 Å². The number of terminal acetylenes is 1. The Morgan fingerprint density at radius 3 is 2.76 bits per heavy atom. The quantitative estimate of drug-likeness (QED) is 0.670. The zero-order chi connectivity index (χ0) is 15.2. The van der Waals surface area contributed by atoms with Crippen LogP contribution in [-0.4, -0.2) is 5.91 Å². The highest BCUT2D eigenvalue weighted by molar-refractivity contribution is 6.32. The molecule has 0 aromatic heterocycles. The standard InChI is InChI=1S/C17H11ClFNO/c1-2-12-5-3-6-13(11-12)20-17(21)10-9-14-15(18)7-4-8-16(14)19/h1,3-11H,(H,20,21)/b10-9+. The predicted octanol–water partition coefficient (Wildman–Crippen LogP) is 4.11. The summed E-state index contributed by atoms with van der Waals surface area (Å²) in [4.78, 5) is 11.8. The predicted molar refractivity (Wildman–Crippen MR) is 83.5 cm³/mol. The molecule has 0 bridgehead atoms. The van der Waals surface area contributed by atoms with Gasteiger partial charge in [0.25, 0.3) is 0 Å². The van der Waals surface area contributed by atoms with Crippen molar-refractivity contribution < 1.29 is 9.18 Å². The molecule has 0 aliphatic rings. The molecule has 0 saturated carbocycles. The summed E-state index contributed by atoms with van der Waals surface area (Å²) in [6, 6.07) is 11.2. The van der Waals surface area contributed by atoms with Gasteiger partial charge in [0.15, 0.2) is 0 Å². The summed E-state index contributed by atoms with van der Waals surface area (Å²) in [5.41, 5.74) is 1.40. The number of carbonyl (C=O) groups excluding carboxylic acids is 1. The first kappa shape index (κ1) is 14.8. The first-order chi connectivity index (χ1) is 10.1. The molecule has 0 aliphatic heterocycles. The third-order valence-electron chi connectivity index (χ3n) is 2.70. The third-order valence-corrected chi connectivity index (χ3v) is 3.03. The summed E-state index contributed by atoms with van der Waals surface area (Å²) in [6.07, 6.45) is 7.83. The normalized spacial score (nSPS) is 10.3. The average Bonchev–Trinajstić information content (AvgIpc) is 2.47. The van der Waals surface area contributed by atoms with Crippen LogP contribution in [0.25, 0.3) is 6.08 Å². The average molecular weight is 300 g/mol. The molecule has 2 aromatic rings. The second-order valence-corrected chi connectivity index (χ2v) is 4.59. The van der Waals surface area contributed by atoms with Gasteiger partial charge in [0.1, 0.15) is 5.82 Å². The highest BCUT2D eigenvalue weighted by Gasteiger charge is 2.04. The fourth-order valence-corrected chi connectivity index (χ4v) is 1.93. The number of nitrogens with one attached hydrogen (secondary N) is 1. The molecule has 0 heterocycles. The van der Waals surface area contributed by atoms with E-state index in [1.165, 1.54) is 24.3 Å². The summed E-state index contributed by atoms with van der Waals surface area (Å²) in [5, 5.41) is 2.88. The Bertz CT molecular complexity index is 726. The molecule has 21 heavy (non-hydrogen) atoms.